The van der Waals surface area contributed by atoms with Gasteiger partial charge < -0.3 is 34.5 Å². The van der Waals surface area contributed by atoms with Gasteiger partial charge in [0.15, 0.2) is 11.8 Å². The van der Waals surface area contributed by atoms with Crippen LogP contribution in [0.5, 0.6) is 0 Å². The van der Waals surface area contributed by atoms with Crippen molar-refractivity contribution < 1.29 is 34.5 Å². The molecule has 1 unspecified atom stereocenters. The molecule has 0 saturated carbocycles. The largest absolute Gasteiger partial charge is 0.394 e. The lowest BCUT2D eigenvalue weighted by molar-refractivity contribution is -0.383. The Labute approximate surface area is 148 Å². The molecule has 1 aliphatic rings. The van der Waals surface area contributed by atoms with Gasteiger partial charge in [-0.05, 0) is 6.07 Å². The molecule has 1 aromatic carbocycles. The molecular formula is C15H21N3O8. The third kappa shape index (κ3) is 4.72. The average Bonchev–Trinajstić information content (AvgIpc) is 3.21. The molecule has 144 valence electrons. The summed E-state index contributed by atoms with van der Waals surface area (Å²) in [5.74, 6) is 0. The number of hydrogen-bond acceptors (Lipinski definition) is 9. The second-order valence-electron chi connectivity index (χ2n) is 5.40. The van der Waals surface area contributed by atoms with Gasteiger partial charge in [-0.2, -0.15) is 0 Å². The Morgan fingerprint density at radius 1 is 1.38 bits per heavy atom. The Balaban J connectivity index is 0.000000189. The first-order chi connectivity index (χ1) is 12.5. The second-order valence-corrected chi connectivity index (χ2v) is 5.40. The zero-order chi connectivity index (χ0) is 19.1. The molecule has 0 radical (unpaired) electrons. The Morgan fingerprint density at radius 2 is 2.15 bits per heavy atom. The Morgan fingerprint density at radius 3 is 2.77 bits per heavy atom. The molecule has 2 heterocycles. The number of para-hydroxylation sites is 1. The summed E-state index contributed by atoms with van der Waals surface area (Å²) in [6.45, 7) is 0.291. The molecule has 4 atom stereocenters. The van der Waals surface area contributed by atoms with E-state index in [0.717, 1.165) is 0 Å². The van der Waals surface area contributed by atoms with Crippen molar-refractivity contribution in [3.05, 3.63) is 34.6 Å². The van der Waals surface area contributed by atoms with Crippen molar-refractivity contribution in [3.63, 3.8) is 0 Å². The normalized spacial score (nSPS) is 25.1. The molecule has 0 aliphatic carbocycles. The average molecular weight is 371 g/mol. The molecule has 2 aromatic rings. The number of aliphatic hydroxyl groups excluding tert-OH is 3. The van der Waals surface area contributed by atoms with E-state index in [1.54, 1.807) is 12.1 Å². The van der Waals surface area contributed by atoms with E-state index >= 15 is 0 Å². The number of nitro groups is 1. The Kier molecular flexibility index (Phi) is 7.38. The van der Waals surface area contributed by atoms with Gasteiger partial charge in [-0.3, -0.25) is 10.1 Å². The Hall–Kier alpha value is -2.15. The first-order valence-electron chi connectivity index (χ1n) is 7.79. The molecule has 0 amide bonds. The van der Waals surface area contributed by atoms with Crippen LogP contribution in [0.2, 0.25) is 0 Å². The van der Waals surface area contributed by atoms with Crippen LogP contribution in [-0.4, -0.2) is 81.7 Å². The summed E-state index contributed by atoms with van der Waals surface area (Å²) in [6.07, 6.45) is -2.36. The van der Waals surface area contributed by atoms with Crippen LogP contribution in [0.1, 0.15) is 0 Å². The number of nitro benzene ring substituents is 1. The van der Waals surface area contributed by atoms with Crippen molar-refractivity contribution in [2.24, 2.45) is 0 Å². The molecule has 3 rings (SSSR count). The molecule has 1 aromatic heterocycles. The van der Waals surface area contributed by atoms with Gasteiger partial charge in [0.05, 0.1) is 36.6 Å². The number of ether oxygens (including phenoxy) is 3. The first kappa shape index (κ1) is 20.2. The van der Waals surface area contributed by atoms with E-state index in [2.05, 4.69) is 9.97 Å². The molecule has 4 N–H and O–H groups in total. The number of aromatic amines is 1. The number of methoxy groups -OCH3 is 1. The number of imidazole rings is 1. The quantitative estimate of drug-likeness (QED) is 0.300. The summed E-state index contributed by atoms with van der Waals surface area (Å²) in [5, 5.41) is 38.0. The van der Waals surface area contributed by atoms with Crippen LogP contribution in [0, 0.1) is 10.1 Å². The topological polar surface area (TPSA) is 160 Å². The number of fused-ring (bicyclic) bond motifs is 1. The maximum Gasteiger partial charge on any atom is 0.297 e. The molecule has 0 bridgehead atoms. The third-order valence-corrected chi connectivity index (χ3v) is 3.72. The lowest BCUT2D eigenvalue weighted by Gasteiger charge is -2.17. The zero-order valence-electron chi connectivity index (χ0n) is 14.0. The van der Waals surface area contributed by atoms with Gasteiger partial charge in [0.2, 0.25) is 0 Å². The number of aromatic nitrogens is 2. The fraction of sp³-hybridized carbons (Fsp3) is 0.533. The van der Waals surface area contributed by atoms with Crippen LogP contribution in [0.15, 0.2) is 24.5 Å². The van der Waals surface area contributed by atoms with Gasteiger partial charge in [-0.1, -0.05) is 6.07 Å². The number of hydrogen-bond donors (Lipinski definition) is 4. The minimum absolute atomic E-state index is 0.0359. The minimum atomic E-state index is -1.20. The Bertz CT molecular complexity index is 709. The number of nitrogens with one attached hydrogen (secondary N) is 1. The van der Waals surface area contributed by atoms with E-state index in [1.165, 1.54) is 19.5 Å². The molecule has 1 fully saturated rings. The number of aliphatic hydroxyl groups is 3. The van der Waals surface area contributed by atoms with Crippen LogP contribution < -0.4 is 0 Å². The number of H-pyrrole nitrogens is 1. The van der Waals surface area contributed by atoms with Crippen molar-refractivity contribution in [2.75, 3.05) is 26.9 Å². The van der Waals surface area contributed by atoms with E-state index in [4.69, 9.17) is 19.3 Å². The van der Waals surface area contributed by atoms with Crippen LogP contribution >= 0.6 is 0 Å². The van der Waals surface area contributed by atoms with Gasteiger partial charge in [0.1, 0.15) is 18.3 Å². The lowest BCUT2D eigenvalue weighted by atomic mass is 10.1. The molecular weight excluding hydrogens is 350 g/mol. The number of rotatable bonds is 6. The van der Waals surface area contributed by atoms with Gasteiger partial charge in [-0.25, -0.2) is 4.98 Å². The molecule has 11 heteroatoms. The summed E-state index contributed by atoms with van der Waals surface area (Å²) >= 11 is 0. The predicted molar refractivity (Wildman–Crippen MR) is 88.3 cm³/mol. The standard InChI is InChI=1S/C8H16O6.C7H5N3O2/c1-12-2-3-13-7-6(10)5(4-9)14-8(7)11;11-10(12)6-3-1-2-5-7(6)9-4-8-5/h5-11H,2-4H2,1H3;1-4H,(H,8,9)/t5-,6-,7-,8?;/m1./s1. The van der Waals surface area contributed by atoms with E-state index in [9.17, 15) is 20.3 Å². The van der Waals surface area contributed by atoms with E-state index < -0.39 is 29.5 Å². The van der Waals surface area contributed by atoms with Crippen molar-refractivity contribution in [1.82, 2.24) is 9.97 Å². The summed E-state index contributed by atoms with van der Waals surface area (Å²) < 4.78 is 14.7. The fourth-order valence-corrected chi connectivity index (χ4v) is 2.41. The van der Waals surface area contributed by atoms with E-state index in [0.29, 0.717) is 17.6 Å². The SMILES string of the molecule is COCCO[C@H]1C(O)O[C@H](CO)[C@H]1O.O=[N+]([O-])c1cccc2[nH]cnc12. The third-order valence-electron chi connectivity index (χ3n) is 3.72. The second kappa shape index (κ2) is 9.52. The van der Waals surface area contributed by atoms with E-state index in [1.807, 2.05) is 0 Å². The smallest absolute Gasteiger partial charge is 0.297 e. The monoisotopic (exact) mass is 371 g/mol. The van der Waals surface area contributed by atoms with E-state index in [-0.39, 0.29) is 18.9 Å². The first-order valence-corrected chi connectivity index (χ1v) is 7.79. The summed E-state index contributed by atoms with van der Waals surface area (Å²) in [7, 11) is 1.53. The highest BCUT2D eigenvalue weighted by Gasteiger charge is 2.43. The van der Waals surface area contributed by atoms with Crippen molar-refractivity contribution >= 4 is 16.7 Å². The highest BCUT2D eigenvalue weighted by molar-refractivity contribution is 5.83. The van der Waals surface area contributed by atoms with Crippen molar-refractivity contribution in [2.45, 2.75) is 24.6 Å². The molecule has 26 heavy (non-hydrogen) atoms. The van der Waals surface area contributed by atoms with Gasteiger partial charge in [0, 0.05) is 13.2 Å². The predicted octanol–water partition coefficient (Wildman–Crippen LogP) is -0.440. The van der Waals surface area contributed by atoms with Gasteiger partial charge >= 0.3 is 0 Å². The molecule has 1 saturated heterocycles. The summed E-state index contributed by atoms with van der Waals surface area (Å²) in [6, 6.07) is 4.80. The maximum absolute atomic E-state index is 10.5. The van der Waals surface area contributed by atoms with Gasteiger partial charge in [0.25, 0.3) is 5.69 Å². The van der Waals surface area contributed by atoms with Gasteiger partial charge in [-0.15, -0.1) is 0 Å². The fourth-order valence-electron chi connectivity index (χ4n) is 2.41. The minimum Gasteiger partial charge on any atom is -0.394 e. The number of nitrogens with zero attached hydrogens (tertiary/aromatic N) is 2. The lowest BCUT2D eigenvalue weighted by Crippen LogP contribution is -2.37. The zero-order valence-corrected chi connectivity index (χ0v) is 14.0. The summed E-state index contributed by atoms with van der Waals surface area (Å²) in [5.41, 5.74) is 1.13. The highest BCUT2D eigenvalue weighted by Crippen LogP contribution is 2.22. The van der Waals surface area contributed by atoms with Crippen molar-refractivity contribution in [3.8, 4) is 0 Å². The summed E-state index contributed by atoms with van der Waals surface area (Å²) in [4.78, 5) is 16.7. The number of benzene rings is 1. The molecule has 0 spiro atoms. The van der Waals surface area contributed by atoms with Crippen LogP contribution in [0.25, 0.3) is 11.0 Å². The van der Waals surface area contributed by atoms with Crippen LogP contribution in [0.4, 0.5) is 5.69 Å². The van der Waals surface area contributed by atoms with Crippen molar-refractivity contribution in [1.29, 1.82) is 0 Å². The highest BCUT2D eigenvalue weighted by atomic mass is 16.7. The molecule has 11 nitrogen and oxygen atoms in total. The van der Waals surface area contributed by atoms with Crippen LogP contribution in [-0.2, 0) is 14.2 Å². The number of non-ortho nitro benzene ring substituents is 1. The maximum atomic E-state index is 10.5. The molecule has 1 aliphatic heterocycles. The van der Waals surface area contributed by atoms with Crippen LogP contribution in [0.3, 0.4) is 0 Å².